The largest absolute Gasteiger partial charge is 3.00 e. The molecule has 0 aliphatic heterocycles. The summed E-state index contributed by atoms with van der Waals surface area (Å²) in [5.74, 6) is 0. The maximum absolute atomic E-state index is 7.00. The second kappa shape index (κ2) is 18.8. The SMILES string of the molecule is CO.[C-]1=CC=CC1.[C-]1=CC=CC1.[Cl-].[Zr+3]. The fraction of sp³-hybridized carbons (Fsp3) is 0.273. The van der Waals surface area contributed by atoms with Crippen LogP contribution in [0.5, 0.6) is 0 Å². The quantitative estimate of drug-likeness (QED) is 0.580. The molecule has 0 unspecified atom stereocenters. The Morgan fingerprint density at radius 2 is 1.29 bits per heavy atom. The monoisotopic (exact) mass is 287 g/mol. The number of halogens is 1. The van der Waals surface area contributed by atoms with E-state index >= 15 is 0 Å². The van der Waals surface area contributed by atoms with Gasteiger partial charge in [0.05, 0.1) is 0 Å². The van der Waals surface area contributed by atoms with E-state index in [0.717, 1.165) is 20.0 Å². The van der Waals surface area contributed by atoms with Gasteiger partial charge in [0.15, 0.2) is 0 Å². The van der Waals surface area contributed by atoms with Crippen molar-refractivity contribution in [3.8, 4) is 0 Å². The van der Waals surface area contributed by atoms with Crippen LogP contribution < -0.4 is 12.4 Å². The third-order valence-electron chi connectivity index (χ3n) is 1.17. The summed E-state index contributed by atoms with van der Waals surface area (Å²) in [7, 11) is 1.00. The molecule has 1 radical (unpaired) electrons. The van der Waals surface area contributed by atoms with E-state index in [2.05, 4.69) is 24.3 Å². The Morgan fingerprint density at radius 3 is 1.36 bits per heavy atom. The van der Waals surface area contributed by atoms with E-state index < -0.39 is 0 Å². The van der Waals surface area contributed by atoms with Crippen molar-refractivity contribution in [3.05, 3.63) is 48.6 Å². The number of aliphatic hydroxyl groups is 1. The van der Waals surface area contributed by atoms with Crippen molar-refractivity contribution in [1.82, 2.24) is 0 Å². The van der Waals surface area contributed by atoms with Crippen molar-refractivity contribution >= 4 is 0 Å². The molecule has 0 heterocycles. The van der Waals surface area contributed by atoms with Crippen molar-refractivity contribution in [2.45, 2.75) is 12.8 Å². The summed E-state index contributed by atoms with van der Waals surface area (Å²) in [6.07, 6.45) is 20.0. The number of allylic oxidation sites excluding steroid dienone is 8. The van der Waals surface area contributed by atoms with Crippen LogP contribution in [0, 0.1) is 12.2 Å². The van der Waals surface area contributed by atoms with E-state index in [1.54, 1.807) is 0 Å². The first-order valence-corrected chi connectivity index (χ1v) is 3.88. The molecule has 75 valence electrons. The molecule has 1 nitrogen and oxygen atoms in total. The van der Waals surface area contributed by atoms with Crippen molar-refractivity contribution < 1.29 is 43.7 Å². The molecule has 1 N–H and O–H groups in total. The van der Waals surface area contributed by atoms with Crippen molar-refractivity contribution in [1.29, 1.82) is 0 Å². The fourth-order valence-corrected chi connectivity index (χ4v) is 0.680. The molecule has 2 aliphatic carbocycles. The predicted octanol–water partition coefficient (Wildman–Crippen LogP) is -0.779. The number of aliphatic hydroxyl groups excluding tert-OH is 1. The molecule has 0 atom stereocenters. The van der Waals surface area contributed by atoms with Crippen molar-refractivity contribution in [3.63, 3.8) is 0 Å². The van der Waals surface area contributed by atoms with E-state index in [-0.39, 0.29) is 38.6 Å². The van der Waals surface area contributed by atoms with Gasteiger partial charge in [-0.25, -0.2) is 24.3 Å². The molecule has 0 fully saturated rings. The Kier molecular flexibility index (Phi) is 26.4. The summed E-state index contributed by atoms with van der Waals surface area (Å²) < 4.78 is 0. The minimum atomic E-state index is 0. The molecular weight excluding hydrogens is 275 g/mol. The van der Waals surface area contributed by atoms with Crippen LogP contribution in [0.1, 0.15) is 12.8 Å². The van der Waals surface area contributed by atoms with Crippen LogP contribution in [0.25, 0.3) is 0 Å². The van der Waals surface area contributed by atoms with Crippen LogP contribution in [0.2, 0.25) is 0 Å². The number of hydrogen-bond donors (Lipinski definition) is 1. The summed E-state index contributed by atoms with van der Waals surface area (Å²) in [4.78, 5) is 0. The van der Waals surface area contributed by atoms with Crippen LogP contribution in [0.4, 0.5) is 0 Å². The van der Waals surface area contributed by atoms with Crippen LogP contribution >= 0.6 is 0 Å². The topological polar surface area (TPSA) is 20.2 Å². The molecule has 0 spiro atoms. The number of rotatable bonds is 0. The van der Waals surface area contributed by atoms with E-state index in [0.29, 0.717) is 0 Å². The molecule has 14 heavy (non-hydrogen) atoms. The summed E-state index contributed by atoms with van der Waals surface area (Å²) in [6.45, 7) is 0. The van der Waals surface area contributed by atoms with E-state index in [1.807, 2.05) is 24.3 Å². The Balaban J connectivity index is -0.000000131. The molecule has 0 amide bonds. The first-order chi connectivity index (χ1) is 6.00. The van der Waals surface area contributed by atoms with E-state index in [9.17, 15) is 0 Å². The van der Waals surface area contributed by atoms with Gasteiger partial charge in [-0.3, -0.25) is 12.2 Å². The predicted molar refractivity (Wildman–Crippen MR) is 51.3 cm³/mol. The van der Waals surface area contributed by atoms with Crippen LogP contribution in [-0.2, 0) is 26.2 Å². The van der Waals surface area contributed by atoms with Crippen LogP contribution in [0.15, 0.2) is 36.5 Å². The van der Waals surface area contributed by atoms with Gasteiger partial charge in [-0.1, -0.05) is 0 Å². The van der Waals surface area contributed by atoms with Gasteiger partial charge in [0.1, 0.15) is 0 Å². The summed E-state index contributed by atoms with van der Waals surface area (Å²) >= 11 is 0. The zero-order valence-corrected chi connectivity index (χ0v) is 11.4. The standard InChI is InChI=1S/2C5H5.CH4O.ClH.Zr/c2*1-2-4-5-3-1;1-2;;/h2*1-3H,4H2;2H,1H3;1H;/q2*-1;;;+3/p-1. The van der Waals surface area contributed by atoms with Crippen LogP contribution in [-0.4, -0.2) is 12.2 Å². The van der Waals surface area contributed by atoms with Gasteiger partial charge in [0.25, 0.3) is 0 Å². The van der Waals surface area contributed by atoms with Gasteiger partial charge >= 0.3 is 26.2 Å². The summed E-state index contributed by atoms with van der Waals surface area (Å²) in [5, 5.41) is 7.00. The van der Waals surface area contributed by atoms with Gasteiger partial charge < -0.3 is 17.5 Å². The van der Waals surface area contributed by atoms with Gasteiger partial charge in [-0.05, 0) is 0 Å². The molecular formula is C11H14ClOZr. The van der Waals surface area contributed by atoms with Gasteiger partial charge in [-0.15, -0.1) is 12.8 Å². The summed E-state index contributed by atoms with van der Waals surface area (Å²) in [5.41, 5.74) is 0. The molecule has 0 saturated heterocycles. The van der Waals surface area contributed by atoms with Crippen molar-refractivity contribution in [2.75, 3.05) is 7.11 Å². The van der Waals surface area contributed by atoms with Gasteiger partial charge in [0, 0.05) is 7.11 Å². The molecule has 0 aromatic rings. The third kappa shape index (κ3) is 14.6. The molecule has 0 saturated carbocycles. The average molecular weight is 289 g/mol. The second-order valence-electron chi connectivity index (χ2n) is 2.01. The molecule has 2 rings (SSSR count). The maximum Gasteiger partial charge on any atom is 3.00 e. The Morgan fingerprint density at radius 1 is 0.929 bits per heavy atom. The Bertz CT molecular complexity index is 153. The molecule has 2 aliphatic rings. The fourth-order valence-electron chi connectivity index (χ4n) is 0.680. The molecule has 0 aromatic carbocycles. The van der Waals surface area contributed by atoms with E-state index in [1.165, 1.54) is 0 Å². The first kappa shape index (κ1) is 19.6. The van der Waals surface area contributed by atoms with E-state index in [4.69, 9.17) is 5.11 Å². The minimum absolute atomic E-state index is 0. The Labute approximate surface area is 112 Å². The zero-order chi connectivity index (χ0) is 9.07. The first-order valence-electron chi connectivity index (χ1n) is 3.88. The van der Waals surface area contributed by atoms with Gasteiger partial charge in [0.2, 0.25) is 0 Å². The Hall–Kier alpha value is 0.0931. The smallest absolute Gasteiger partial charge is 1.00 e. The van der Waals surface area contributed by atoms with Crippen LogP contribution in [0.3, 0.4) is 0 Å². The number of hydrogen-bond acceptors (Lipinski definition) is 1. The normalized spacial score (nSPS) is 13.0. The summed E-state index contributed by atoms with van der Waals surface area (Å²) in [6, 6.07) is 0. The minimum Gasteiger partial charge on any atom is -1.00 e. The van der Waals surface area contributed by atoms with Crippen molar-refractivity contribution in [2.24, 2.45) is 0 Å². The average Bonchev–Trinajstić information content (AvgIpc) is 2.87. The molecule has 3 heteroatoms. The maximum atomic E-state index is 7.00. The second-order valence-corrected chi connectivity index (χ2v) is 2.01. The van der Waals surface area contributed by atoms with Gasteiger partial charge in [-0.2, -0.15) is 12.2 Å². The zero-order valence-electron chi connectivity index (χ0n) is 8.20. The molecule has 0 bridgehead atoms. The molecule has 0 aromatic heterocycles. The third-order valence-corrected chi connectivity index (χ3v) is 1.17.